The minimum Gasteiger partial charge on any atom is -0.394 e. The molecule has 0 bridgehead atoms. The molecule has 0 aromatic rings. The average molecular weight is 1070 g/mol. The Hall–Kier alpha value is -2.83. The van der Waals surface area contributed by atoms with Crippen LogP contribution in [-0.4, -0.2) is 140 Å². The Morgan fingerprint density at radius 2 is 0.921 bits per heavy atom. The fourth-order valence-electron chi connectivity index (χ4n) is 9.27. The van der Waals surface area contributed by atoms with E-state index in [1.807, 2.05) is 6.08 Å². The Kier molecular flexibility index (Phi) is 42.9. The fourth-order valence-corrected chi connectivity index (χ4v) is 9.27. The number of hydrogen-bond donors (Lipinski definition) is 9. The normalized spacial score (nSPS) is 25.5. The summed E-state index contributed by atoms with van der Waals surface area (Å²) in [4.78, 5) is 13.3. The molecule has 0 aromatic carbocycles. The predicted molar refractivity (Wildman–Crippen MR) is 304 cm³/mol. The van der Waals surface area contributed by atoms with Crippen LogP contribution in [0.2, 0.25) is 0 Å². The molecule has 2 aliphatic rings. The van der Waals surface area contributed by atoms with Gasteiger partial charge in [-0.05, 0) is 77.0 Å². The molecule has 2 heterocycles. The molecular weight excluding hydrogens is 967 g/mol. The second-order valence-corrected chi connectivity index (χ2v) is 20.7. The van der Waals surface area contributed by atoms with Gasteiger partial charge in [0.05, 0.1) is 32.0 Å². The average Bonchev–Trinajstić information content (AvgIpc) is 3.42. The van der Waals surface area contributed by atoms with Crippen LogP contribution in [0.15, 0.2) is 85.1 Å². The van der Waals surface area contributed by atoms with E-state index in [1.54, 1.807) is 6.08 Å². The molecule has 1 amide bonds. The van der Waals surface area contributed by atoms with Gasteiger partial charge in [-0.25, -0.2) is 0 Å². The van der Waals surface area contributed by atoms with Crippen molar-refractivity contribution in [3.05, 3.63) is 85.1 Å². The third-order valence-electron chi connectivity index (χ3n) is 14.1. The Labute approximate surface area is 459 Å². The summed E-state index contributed by atoms with van der Waals surface area (Å²) in [6.45, 7) is 2.65. The summed E-state index contributed by atoms with van der Waals surface area (Å²) >= 11 is 0. The van der Waals surface area contributed by atoms with Crippen molar-refractivity contribution >= 4 is 5.91 Å². The van der Waals surface area contributed by atoms with E-state index in [-0.39, 0.29) is 18.9 Å². The molecular formula is C62H107NO13. The summed E-state index contributed by atoms with van der Waals surface area (Å²) in [6.07, 6.45) is 46.1. The number of carbonyl (C=O) groups excluding carboxylic acids is 1. The Morgan fingerprint density at radius 3 is 1.45 bits per heavy atom. The van der Waals surface area contributed by atoms with Crippen molar-refractivity contribution in [1.29, 1.82) is 0 Å². The number of carbonyl (C=O) groups is 1. The maximum absolute atomic E-state index is 13.3. The standard InChI is InChI=1S/C62H107NO13/c1-3-5-7-9-11-13-15-17-19-21-22-23-24-25-26-27-28-30-32-34-36-38-40-42-44-46-54(67)63-50(51(66)45-43-41-39-37-35-33-31-29-20-18-16-14-12-10-8-6-4-2)49-73-61-59(72)57(70)60(53(48-65)75-61)76-62-58(71)56(69)55(68)52(47-64)74-62/h5,7,11,13,17,19,22-23,25-26,35,37,43,45,50-53,55-62,64-66,68-72H,3-4,6,8-10,12,14-16,18,20-21,24,27-34,36,38-42,44,46-49H2,1-2H3,(H,63,67)/b7-5-,13-11-,19-17-,23-22-,26-25-,37-35+,45-43+. The van der Waals surface area contributed by atoms with Gasteiger partial charge in [-0.3, -0.25) is 4.79 Å². The first-order chi connectivity index (χ1) is 37.1. The smallest absolute Gasteiger partial charge is 0.220 e. The maximum atomic E-state index is 13.3. The van der Waals surface area contributed by atoms with Crippen LogP contribution in [-0.2, 0) is 23.7 Å². The Bertz CT molecular complexity index is 1600. The number of aliphatic hydroxyl groups excluding tert-OH is 8. The topological polar surface area (TPSA) is 228 Å². The first-order valence-corrected chi connectivity index (χ1v) is 29.8. The summed E-state index contributed by atoms with van der Waals surface area (Å²) in [5, 5.41) is 87.1. The minimum atomic E-state index is -1.79. The first-order valence-electron chi connectivity index (χ1n) is 29.8. The van der Waals surface area contributed by atoms with Gasteiger partial charge in [0, 0.05) is 6.42 Å². The lowest BCUT2D eigenvalue weighted by Crippen LogP contribution is -2.65. The summed E-state index contributed by atoms with van der Waals surface area (Å²) in [6, 6.07) is -0.940. The molecule has 14 heteroatoms. The Morgan fingerprint density at radius 1 is 0.487 bits per heavy atom. The molecule has 2 saturated heterocycles. The highest BCUT2D eigenvalue weighted by atomic mass is 16.7. The van der Waals surface area contributed by atoms with Crippen LogP contribution in [0.1, 0.15) is 206 Å². The van der Waals surface area contributed by atoms with Gasteiger partial charge < -0.3 is 65.1 Å². The highest BCUT2D eigenvalue weighted by Gasteiger charge is 2.51. The molecule has 2 rings (SSSR count). The molecule has 438 valence electrons. The van der Waals surface area contributed by atoms with Crippen molar-refractivity contribution in [1.82, 2.24) is 5.32 Å². The van der Waals surface area contributed by atoms with Crippen LogP contribution in [0.3, 0.4) is 0 Å². The molecule has 9 N–H and O–H groups in total. The summed E-state index contributed by atoms with van der Waals surface area (Å²) in [5.74, 6) is -0.259. The van der Waals surface area contributed by atoms with Gasteiger partial charge in [0.25, 0.3) is 0 Å². The highest BCUT2D eigenvalue weighted by molar-refractivity contribution is 5.76. The molecule has 2 fully saturated rings. The van der Waals surface area contributed by atoms with Crippen molar-refractivity contribution in [2.45, 2.75) is 280 Å². The molecule has 0 radical (unpaired) electrons. The van der Waals surface area contributed by atoms with Crippen molar-refractivity contribution in [2.75, 3.05) is 19.8 Å². The number of amides is 1. The molecule has 12 atom stereocenters. The van der Waals surface area contributed by atoms with Crippen molar-refractivity contribution in [3.63, 3.8) is 0 Å². The van der Waals surface area contributed by atoms with E-state index >= 15 is 0 Å². The quantitative estimate of drug-likeness (QED) is 0.0205. The van der Waals surface area contributed by atoms with E-state index in [9.17, 15) is 45.6 Å². The van der Waals surface area contributed by atoms with Crippen molar-refractivity contribution in [2.24, 2.45) is 0 Å². The first kappa shape index (κ1) is 69.3. The molecule has 0 saturated carbocycles. The maximum Gasteiger partial charge on any atom is 0.220 e. The molecule has 14 nitrogen and oxygen atoms in total. The summed E-state index contributed by atoms with van der Waals surface area (Å²) in [5.41, 5.74) is 0. The second kappa shape index (κ2) is 47.0. The number of ether oxygens (including phenoxy) is 4. The van der Waals surface area contributed by atoms with Gasteiger partial charge in [-0.2, -0.15) is 0 Å². The highest BCUT2D eigenvalue weighted by Crippen LogP contribution is 2.30. The molecule has 0 aromatic heterocycles. The van der Waals surface area contributed by atoms with Crippen molar-refractivity contribution < 1.29 is 64.6 Å². The second-order valence-electron chi connectivity index (χ2n) is 20.7. The van der Waals surface area contributed by atoms with E-state index in [1.165, 1.54) is 103 Å². The van der Waals surface area contributed by atoms with Crippen LogP contribution in [0.5, 0.6) is 0 Å². The van der Waals surface area contributed by atoms with Gasteiger partial charge in [0.15, 0.2) is 12.6 Å². The molecule has 0 spiro atoms. The van der Waals surface area contributed by atoms with Crippen LogP contribution in [0, 0.1) is 0 Å². The zero-order valence-corrected chi connectivity index (χ0v) is 47.0. The number of aliphatic hydroxyl groups is 8. The lowest BCUT2D eigenvalue weighted by Gasteiger charge is -2.46. The molecule has 76 heavy (non-hydrogen) atoms. The fraction of sp³-hybridized carbons (Fsp3) is 0.758. The van der Waals surface area contributed by atoms with E-state index in [2.05, 4.69) is 92.1 Å². The van der Waals surface area contributed by atoms with Crippen molar-refractivity contribution in [3.8, 4) is 0 Å². The molecule has 0 aliphatic carbocycles. The van der Waals surface area contributed by atoms with Crippen LogP contribution < -0.4 is 5.32 Å². The lowest BCUT2D eigenvalue weighted by molar-refractivity contribution is -0.359. The number of allylic oxidation sites excluding steroid dienone is 13. The molecule has 12 unspecified atom stereocenters. The number of hydrogen-bond acceptors (Lipinski definition) is 13. The summed E-state index contributed by atoms with van der Waals surface area (Å²) < 4.78 is 22.8. The Balaban J connectivity index is 1.77. The zero-order chi connectivity index (χ0) is 55.3. The van der Waals surface area contributed by atoms with Gasteiger partial charge in [0.2, 0.25) is 5.91 Å². The minimum absolute atomic E-state index is 0.259. The van der Waals surface area contributed by atoms with Gasteiger partial charge >= 0.3 is 0 Å². The predicted octanol–water partition coefficient (Wildman–Crippen LogP) is 10.1. The van der Waals surface area contributed by atoms with Crippen LogP contribution >= 0.6 is 0 Å². The van der Waals surface area contributed by atoms with Crippen LogP contribution in [0.4, 0.5) is 0 Å². The van der Waals surface area contributed by atoms with E-state index in [0.717, 1.165) is 70.6 Å². The van der Waals surface area contributed by atoms with Crippen LogP contribution in [0.25, 0.3) is 0 Å². The van der Waals surface area contributed by atoms with E-state index in [0.29, 0.717) is 12.8 Å². The molecule has 2 aliphatic heterocycles. The van der Waals surface area contributed by atoms with E-state index in [4.69, 9.17) is 18.9 Å². The van der Waals surface area contributed by atoms with E-state index < -0.39 is 86.8 Å². The lowest BCUT2D eigenvalue weighted by atomic mass is 9.97. The monoisotopic (exact) mass is 1070 g/mol. The largest absolute Gasteiger partial charge is 0.394 e. The number of unbranched alkanes of at least 4 members (excludes halogenated alkanes) is 21. The summed E-state index contributed by atoms with van der Waals surface area (Å²) in [7, 11) is 0. The van der Waals surface area contributed by atoms with Gasteiger partial charge in [-0.1, -0.05) is 208 Å². The third kappa shape index (κ3) is 32.3. The van der Waals surface area contributed by atoms with Gasteiger partial charge in [0.1, 0.15) is 48.8 Å². The third-order valence-corrected chi connectivity index (χ3v) is 14.1. The number of rotatable bonds is 46. The van der Waals surface area contributed by atoms with Gasteiger partial charge in [-0.15, -0.1) is 0 Å². The number of nitrogens with one attached hydrogen (secondary N) is 1. The SMILES string of the molecule is CC/C=C\C/C=C\C/C=C\C/C=C\C/C=C\CCCCCCCCCCCC(=O)NC(COC1OC(CO)C(OC2OC(CO)C(O)C(O)C2O)C(O)C1O)C(O)/C=C/CC/C=C/CCCCCCCCCCCCC. The zero-order valence-electron chi connectivity index (χ0n) is 47.0.